The molecule has 0 aromatic heterocycles. The van der Waals surface area contributed by atoms with Crippen molar-refractivity contribution in [3.8, 4) is 0 Å². The van der Waals surface area contributed by atoms with E-state index >= 15 is 0 Å². The van der Waals surface area contributed by atoms with Crippen molar-refractivity contribution in [2.24, 2.45) is 0 Å². The minimum atomic E-state index is -0.390. The van der Waals surface area contributed by atoms with Crippen LogP contribution in [-0.4, -0.2) is 35.9 Å². The maximum atomic E-state index is 9.85. The fourth-order valence-electron chi connectivity index (χ4n) is 1.97. The number of ether oxygens (including phenoxy) is 2. The number of hydrogen-bond acceptors (Lipinski definition) is 3. The van der Waals surface area contributed by atoms with E-state index in [1.54, 1.807) is 14.2 Å². The van der Waals surface area contributed by atoms with Gasteiger partial charge in [-0.15, -0.1) is 0 Å². The fraction of sp³-hybridized carbons (Fsp3) is 0.353. The van der Waals surface area contributed by atoms with Gasteiger partial charge in [0.05, 0.1) is 16.0 Å². The molecule has 0 fully saturated rings. The molecule has 0 unspecified atom stereocenters. The Bertz CT molecular complexity index is 483. The van der Waals surface area contributed by atoms with Gasteiger partial charge in [-0.1, -0.05) is 18.2 Å². The van der Waals surface area contributed by atoms with Gasteiger partial charge in [0.25, 0.3) is 0 Å². The van der Waals surface area contributed by atoms with Gasteiger partial charge in [-0.05, 0) is 12.5 Å². The van der Waals surface area contributed by atoms with Crippen molar-refractivity contribution in [3.63, 3.8) is 0 Å². The molecule has 5 heteroatoms. The first-order valence-corrected chi connectivity index (χ1v) is 7.43. The first-order chi connectivity index (χ1) is 10.1. The van der Waals surface area contributed by atoms with Crippen LogP contribution >= 0.6 is 0 Å². The Balaban J connectivity index is 0.000000622. The number of rotatable bonds is 5. The van der Waals surface area contributed by atoms with Gasteiger partial charge in [0.2, 0.25) is 0 Å². The van der Waals surface area contributed by atoms with E-state index in [1.807, 2.05) is 49.4 Å². The van der Waals surface area contributed by atoms with Crippen LogP contribution in [-0.2, 0) is 26.5 Å². The van der Waals surface area contributed by atoms with Crippen LogP contribution in [0.3, 0.4) is 0 Å². The molecule has 0 spiro atoms. The van der Waals surface area contributed by atoms with Gasteiger partial charge >= 0.3 is 0 Å². The standard InChI is InChI=1S/C12H17O3Si.C5H5.Fe/c1-4-5-10(13)9-6-8(7-11(9)16)12(14-2)15-3;1-2-4-5-3-1;/h6-7,12-13H,4-5H2,1-3H3;1-5H;/q;-1;/b10-9+;;. The molecule has 0 amide bonds. The molecule has 3 nitrogen and oxygen atoms in total. The van der Waals surface area contributed by atoms with Crippen molar-refractivity contribution in [2.45, 2.75) is 26.1 Å². The van der Waals surface area contributed by atoms with Gasteiger partial charge in [0.15, 0.2) is 6.29 Å². The minimum Gasteiger partial charge on any atom is -0.512 e. The molecule has 0 aliphatic heterocycles. The summed E-state index contributed by atoms with van der Waals surface area (Å²) in [6.45, 7) is 2.03. The van der Waals surface area contributed by atoms with Crippen molar-refractivity contribution in [3.05, 3.63) is 64.6 Å². The van der Waals surface area contributed by atoms with Crippen LogP contribution < -0.4 is 0 Å². The summed E-state index contributed by atoms with van der Waals surface area (Å²) < 4.78 is 10.3. The Hall–Kier alpha value is -0.974. The second-order valence-corrected chi connectivity index (χ2v) is 5.12. The zero-order chi connectivity index (χ0) is 15.7. The average molecular weight is 358 g/mol. The first kappa shape index (κ1) is 21.0. The Morgan fingerprint density at radius 2 is 1.82 bits per heavy atom. The predicted octanol–water partition coefficient (Wildman–Crippen LogP) is 3.61. The van der Waals surface area contributed by atoms with Crippen molar-refractivity contribution >= 4 is 10.2 Å². The number of methoxy groups -OCH3 is 2. The molecule has 121 valence electrons. The fourth-order valence-corrected chi connectivity index (χ4v) is 2.35. The van der Waals surface area contributed by atoms with Crippen LogP contribution in [0.1, 0.15) is 19.8 Å². The van der Waals surface area contributed by atoms with Crippen molar-refractivity contribution in [1.29, 1.82) is 0 Å². The van der Waals surface area contributed by atoms with E-state index in [2.05, 4.69) is 10.2 Å². The molecule has 0 saturated carbocycles. The molecule has 1 aliphatic rings. The van der Waals surface area contributed by atoms with E-state index in [1.165, 1.54) is 0 Å². The SMILES string of the molecule is CCC/C(O)=C1/C=C(C(OC)OC)C=C1[Si].[Fe].c1cc[cH-]c1. The summed E-state index contributed by atoms with van der Waals surface area (Å²) in [5.41, 5.74) is 1.71. The van der Waals surface area contributed by atoms with Crippen molar-refractivity contribution in [2.75, 3.05) is 14.2 Å². The maximum Gasteiger partial charge on any atom is 0.183 e. The molecule has 1 aliphatic carbocycles. The van der Waals surface area contributed by atoms with E-state index in [-0.39, 0.29) is 17.1 Å². The van der Waals surface area contributed by atoms with E-state index in [9.17, 15) is 5.11 Å². The molecule has 1 aromatic rings. The molecule has 0 atom stereocenters. The number of aliphatic hydroxyl groups is 1. The Labute approximate surface area is 147 Å². The van der Waals surface area contributed by atoms with Crippen LogP contribution in [0.25, 0.3) is 0 Å². The summed E-state index contributed by atoms with van der Waals surface area (Å²) in [5.74, 6) is 0.393. The van der Waals surface area contributed by atoms with E-state index < -0.39 is 6.29 Å². The van der Waals surface area contributed by atoms with Crippen LogP contribution in [0.5, 0.6) is 0 Å². The summed E-state index contributed by atoms with van der Waals surface area (Å²) in [5, 5.41) is 10.7. The summed E-state index contributed by atoms with van der Waals surface area (Å²) in [7, 11) is 6.65. The zero-order valence-corrected chi connectivity index (χ0v) is 15.3. The molecule has 0 heterocycles. The van der Waals surface area contributed by atoms with Gasteiger partial charge in [-0.3, -0.25) is 0 Å². The third-order valence-electron chi connectivity index (χ3n) is 2.97. The summed E-state index contributed by atoms with van der Waals surface area (Å²) in [6, 6.07) is 10.0. The van der Waals surface area contributed by atoms with Gasteiger partial charge in [0, 0.05) is 48.9 Å². The summed E-state index contributed by atoms with van der Waals surface area (Å²) >= 11 is 0. The van der Waals surface area contributed by atoms with Crippen LogP contribution in [0, 0.1) is 0 Å². The number of hydrogen-bond donors (Lipinski definition) is 1. The molecule has 2 rings (SSSR count). The van der Waals surface area contributed by atoms with E-state index in [0.717, 1.165) is 22.8 Å². The van der Waals surface area contributed by atoms with E-state index in [4.69, 9.17) is 9.47 Å². The first-order valence-electron chi connectivity index (χ1n) is 6.93. The third-order valence-corrected chi connectivity index (χ3v) is 3.38. The molecule has 1 aromatic carbocycles. The molecule has 22 heavy (non-hydrogen) atoms. The van der Waals surface area contributed by atoms with Gasteiger partial charge in [-0.25, -0.2) is 12.1 Å². The summed E-state index contributed by atoms with van der Waals surface area (Å²) in [4.78, 5) is 0. The van der Waals surface area contributed by atoms with E-state index in [0.29, 0.717) is 12.2 Å². The molecule has 3 radical (unpaired) electrons. The second-order valence-electron chi connectivity index (χ2n) is 4.58. The Morgan fingerprint density at radius 1 is 1.23 bits per heavy atom. The largest absolute Gasteiger partial charge is 0.512 e. The molecule has 0 bridgehead atoms. The van der Waals surface area contributed by atoms with Crippen molar-refractivity contribution in [1.82, 2.24) is 0 Å². The van der Waals surface area contributed by atoms with Crippen LogP contribution in [0.4, 0.5) is 0 Å². The number of allylic oxidation sites excluding steroid dienone is 4. The van der Waals surface area contributed by atoms with Gasteiger partial charge < -0.3 is 14.6 Å². The predicted molar refractivity (Wildman–Crippen MR) is 86.3 cm³/mol. The molecule has 0 saturated heterocycles. The monoisotopic (exact) mass is 358 g/mol. The van der Waals surface area contributed by atoms with Gasteiger partial charge in [-0.2, -0.15) is 18.2 Å². The topological polar surface area (TPSA) is 38.7 Å². The zero-order valence-electron chi connectivity index (χ0n) is 13.2. The quantitative estimate of drug-likeness (QED) is 0.378. The third kappa shape index (κ3) is 6.42. The molecular formula is C17H22FeO3Si-. The average Bonchev–Trinajstić information content (AvgIpc) is 3.13. The molecular weight excluding hydrogens is 336 g/mol. The van der Waals surface area contributed by atoms with Crippen molar-refractivity contribution < 1.29 is 31.6 Å². The minimum absolute atomic E-state index is 0. The smallest absolute Gasteiger partial charge is 0.183 e. The summed E-state index contributed by atoms with van der Waals surface area (Å²) in [6.07, 6.45) is 4.97. The normalized spacial score (nSPS) is 15.5. The second kappa shape index (κ2) is 11.6. The Kier molecular flexibility index (Phi) is 11.1. The number of aliphatic hydroxyl groups excluding tert-OH is 1. The molecule has 1 N–H and O–H groups in total. The van der Waals surface area contributed by atoms with Crippen LogP contribution in [0.15, 0.2) is 64.6 Å². The maximum absolute atomic E-state index is 9.85. The Morgan fingerprint density at radius 3 is 2.23 bits per heavy atom. The van der Waals surface area contributed by atoms with Crippen LogP contribution in [0.2, 0.25) is 0 Å². The van der Waals surface area contributed by atoms with Gasteiger partial charge in [0.1, 0.15) is 0 Å².